The number of amides is 2. The molecule has 0 radical (unpaired) electrons. The molecule has 3 fully saturated rings. The molecule has 0 saturated carbocycles. The van der Waals surface area contributed by atoms with Crippen molar-refractivity contribution in [1.82, 2.24) is 25.3 Å². The average Bonchev–Trinajstić information content (AvgIpc) is 3.18. The van der Waals surface area contributed by atoms with Crippen LogP contribution >= 0.6 is 11.8 Å². The minimum absolute atomic E-state index is 0.0968. The first kappa shape index (κ1) is 27.6. The van der Waals surface area contributed by atoms with E-state index in [2.05, 4.69) is 63.4 Å². The number of thioether (sulfide) groups is 1. The van der Waals surface area contributed by atoms with Gasteiger partial charge < -0.3 is 26.2 Å². The molecule has 1 aromatic carbocycles. The third-order valence-electron chi connectivity index (χ3n) is 7.69. The van der Waals surface area contributed by atoms with E-state index < -0.39 is 5.54 Å². The zero-order valence-electron chi connectivity index (χ0n) is 22.4. The minimum atomic E-state index is -0.591. The number of nitrogens with zero attached hydrogens (tertiary/aromatic N) is 4. The van der Waals surface area contributed by atoms with E-state index in [0.717, 1.165) is 42.3 Å². The van der Waals surface area contributed by atoms with Gasteiger partial charge in [-0.1, -0.05) is 12.1 Å². The summed E-state index contributed by atoms with van der Waals surface area (Å²) >= 11 is 2.05. The van der Waals surface area contributed by atoms with E-state index in [4.69, 9.17) is 10.7 Å². The van der Waals surface area contributed by atoms with Gasteiger partial charge in [0.2, 0.25) is 12.3 Å². The lowest BCUT2D eigenvalue weighted by atomic mass is 9.97. The second-order valence-electron chi connectivity index (χ2n) is 10.8. The Morgan fingerprint density at radius 2 is 1.86 bits per heavy atom. The van der Waals surface area contributed by atoms with Crippen LogP contribution in [0.3, 0.4) is 0 Å². The van der Waals surface area contributed by atoms with Gasteiger partial charge in [0, 0.05) is 68.6 Å². The summed E-state index contributed by atoms with van der Waals surface area (Å²) in [5.41, 5.74) is 7.69. The fourth-order valence-electron chi connectivity index (χ4n) is 5.28. The molecular weight excluding hydrogens is 486 g/mol. The molecule has 9 nitrogen and oxygen atoms in total. The summed E-state index contributed by atoms with van der Waals surface area (Å²) in [7, 11) is 1.81. The highest BCUT2D eigenvalue weighted by atomic mass is 32.2. The van der Waals surface area contributed by atoms with Crippen LogP contribution in [0.4, 0.5) is 5.69 Å². The first-order chi connectivity index (χ1) is 17.7. The number of nitrogens with one attached hydrogen (secondary N) is 2. The number of fused-ring (bicyclic) bond motifs is 1. The van der Waals surface area contributed by atoms with E-state index in [1.807, 2.05) is 24.8 Å². The van der Waals surface area contributed by atoms with Crippen molar-refractivity contribution in [2.75, 3.05) is 46.3 Å². The van der Waals surface area contributed by atoms with Crippen LogP contribution in [0.15, 0.2) is 41.5 Å². The Labute approximate surface area is 224 Å². The zero-order chi connectivity index (χ0) is 26.6. The minimum Gasteiger partial charge on any atom is -0.353 e. The number of piperazine rings is 1. The molecule has 10 heteroatoms. The summed E-state index contributed by atoms with van der Waals surface area (Å²) in [6, 6.07) is 8.66. The molecular formula is C27H41N7O2S. The maximum Gasteiger partial charge on any atom is 0.242 e. The van der Waals surface area contributed by atoms with E-state index in [-0.39, 0.29) is 11.9 Å². The van der Waals surface area contributed by atoms with Crippen LogP contribution in [0.25, 0.3) is 0 Å². The number of likely N-dealkylation sites (tertiary alicyclic amines) is 1. The molecule has 4 unspecified atom stereocenters. The number of carbonyl (C=O) groups is 2. The Morgan fingerprint density at radius 3 is 2.49 bits per heavy atom. The molecule has 4 atom stereocenters. The van der Waals surface area contributed by atoms with Gasteiger partial charge in [0.25, 0.3) is 0 Å². The van der Waals surface area contributed by atoms with Gasteiger partial charge in [-0.2, -0.15) is 11.8 Å². The second kappa shape index (κ2) is 12.0. The number of hydrogen-bond acceptors (Lipinski definition) is 7. The van der Waals surface area contributed by atoms with Crippen molar-refractivity contribution < 1.29 is 9.59 Å². The van der Waals surface area contributed by atoms with E-state index >= 15 is 0 Å². The van der Waals surface area contributed by atoms with Crippen molar-refractivity contribution in [2.45, 2.75) is 49.4 Å². The van der Waals surface area contributed by atoms with Crippen LogP contribution in [-0.4, -0.2) is 101 Å². The number of benzene rings is 1. The molecule has 0 spiro atoms. The zero-order valence-corrected chi connectivity index (χ0v) is 23.2. The summed E-state index contributed by atoms with van der Waals surface area (Å²) in [5.74, 6) is 1.58. The van der Waals surface area contributed by atoms with Crippen LogP contribution in [0.1, 0.15) is 26.3 Å². The smallest absolute Gasteiger partial charge is 0.242 e. The molecule has 4 rings (SSSR count). The lowest BCUT2D eigenvalue weighted by Gasteiger charge is -2.41. The molecule has 37 heavy (non-hydrogen) atoms. The van der Waals surface area contributed by atoms with Crippen LogP contribution in [0.5, 0.6) is 0 Å². The lowest BCUT2D eigenvalue weighted by molar-refractivity contribution is -0.138. The van der Waals surface area contributed by atoms with Gasteiger partial charge in [-0.05, 0) is 57.5 Å². The fraction of sp³-hybridized carbons (Fsp3) is 0.593. The van der Waals surface area contributed by atoms with Crippen molar-refractivity contribution in [2.24, 2.45) is 16.6 Å². The Bertz CT molecular complexity index is 1000. The monoisotopic (exact) mass is 527 g/mol. The van der Waals surface area contributed by atoms with Crippen molar-refractivity contribution >= 4 is 35.6 Å². The van der Waals surface area contributed by atoms with Gasteiger partial charge in [0.15, 0.2) is 0 Å². The first-order valence-corrected chi connectivity index (χ1v) is 14.1. The molecule has 3 aliphatic heterocycles. The van der Waals surface area contributed by atoms with Crippen LogP contribution in [0, 0.1) is 5.92 Å². The Morgan fingerprint density at radius 1 is 1.19 bits per heavy atom. The predicted octanol–water partition coefficient (Wildman–Crippen LogP) is 1.38. The average molecular weight is 528 g/mol. The Hall–Kier alpha value is -2.40. The van der Waals surface area contributed by atoms with E-state index in [9.17, 15) is 9.59 Å². The normalized spacial score (nSPS) is 25.6. The van der Waals surface area contributed by atoms with Gasteiger partial charge in [-0.3, -0.25) is 14.5 Å². The summed E-state index contributed by atoms with van der Waals surface area (Å²) in [5, 5.41) is 6.99. The van der Waals surface area contributed by atoms with Gasteiger partial charge in [-0.25, -0.2) is 4.99 Å². The topological polar surface area (TPSA) is 106 Å². The highest BCUT2D eigenvalue weighted by molar-refractivity contribution is 8.02. The molecule has 0 bridgehead atoms. The quantitative estimate of drug-likeness (QED) is 0.253. The highest BCUT2D eigenvalue weighted by Crippen LogP contribution is 2.48. The summed E-state index contributed by atoms with van der Waals surface area (Å²) < 4.78 is 0. The standard InChI is InChI=1S/C27H41N7O2S/c1-19(28)25-22-16-32(17-23(22)37-25)15-20-5-7-21(8-6-20)31-24(9-10-30-18-35)33-11-13-34(14-12-33)26(36)27(2,3)29-4/h5-10,18-19,22-23,25,29H,11-17,28H2,1-4H3,(H,30,35)/b10-9-,31-24?. The van der Waals surface area contributed by atoms with Gasteiger partial charge in [-0.15, -0.1) is 0 Å². The summed E-state index contributed by atoms with van der Waals surface area (Å²) in [4.78, 5) is 35.0. The Kier molecular flexibility index (Phi) is 8.94. The molecule has 4 N–H and O–H groups in total. The maximum atomic E-state index is 12.8. The largest absolute Gasteiger partial charge is 0.353 e. The van der Waals surface area contributed by atoms with E-state index in [0.29, 0.717) is 37.8 Å². The Balaban J connectivity index is 1.38. The first-order valence-electron chi connectivity index (χ1n) is 13.1. The number of hydrogen-bond donors (Lipinski definition) is 3. The molecule has 1 aromatic rings. The molecule has 0 aliphatic carbocycles. The SMILES string of the molecule is CNC(C)(C)C(=O)N1CCN(C(/C=C\NC=O)=Nc2ccc(CN3CC4SC(C(C)N)C4C3)cc2)CC1. The predicted molar refractivity (Wildman–Crippen MR) is 151 cm³/mol. The molecule has 202 valence electrons. The number of rotatable bonds is 9. The molecule has 3 saturated heterocycles. The lowest BCUT2D eigenvalue weighted by Crippen LogP contribution is -2.58. The van der Waals surface area contributed by atoms with Crippen LogP contribution < -0.4 is 16.4 Å². The van der Waals surface area contributed by atoms with Gasteiger partial charge in [0.1, 0.15) is 5.84 Å². The third kappa shape index (κ3) is 6.54. The molecule has 0 aromatic heterocycles. The maximum absolute atomic E-state index is 12.8. The summed E-state index contributed by atoms with van der Waals surface area (Å²) in [6.45, 7) is 11.7. The fourth-order valence-corrected chi connectivity index (χ4v) is 6.89. The van der Waals surface area contributed by atoms with Crippen LogP contribution in [-0.2, 0) is 16.1 Å². The van der Waals surface area contributed by atoms with Crippen molar-refractivity contribution in [3.05, 3.63) is 42.1 Å². The van der Waals surface area contributed by atoms with Gasteiger partial charge >= 0.3 is 0 Å². The second-order valence-corrected chi connectivity index (χ2v) is 12.2. The number of likely N-dealkylation sites (N-methyl/N-ethyl adjacent to an activating group) is 1. The summed E-state index contributed by atoms with van der Waals surface area (Å²) in [6.07, 6.45) is 4.04. The number of nitrogens with two attached hydrogens (primary N) is 1. The molecule has 2 amide bonds. The van der Waals surface area contributed by atoms with Crippen molar-refractivity contribution in [1.29, 1.82) is 0 Å². The third-order valence-corrected chi connectivity index (χ3v) is 9.63. The molecule has 3 aliphatic rings. The van der Waals surface area contributed by atoms with Crippen molar-refractivity contribution in [3.8, 4) is 0 Å². The highest BCUT2D eigenvalue weighted by Gasteiger charge is 2.48. The number of amidine groups is 1. The molecule has 3 heterocycles. The number of aliphatic imine (C=N–C) groups is 1. The van der Waals surface area contributed by atoms with Crippen molar-refractivity contribution in [3.63, 3.8) is 0 Å². The number of carbonyl (C=O) groups excluding carboxylic acids is 2. The van der Waals surface area contributed by atoms with E-state index in [1.54, 1.807) is 13.2 Å². The van der Waals surface area contributed by atoms with Crippen LogP contribution in [0.2, 0.25) is 0 Å². The van der Waals surface area contributed by atoms with E-state index in [1.165, 1.54) is 5.56 Å². The van der Waals surface area contributed by atoms with Gasteiger partial charge in [0.05, 0.1) is 11.2 Å².